The summed E-state index contributed by atoms with van der Waals surface area (Å²) in [4.78, 5) is 22.4. The fraction of sp³-hybridized carbons (Fsp3) is 0. The number of H-pyrrole nitrogens is 1. The standard InChI is InChI=1S/C15H11N3O3/c16-15(20)21-10-7-5-9(6-8-10)13-11-3-1-2-4-12(11)14(19)18-17-13/h1-8H,(H2,16,20)(H,18,19). The van der Waals surface area contributed by atoms with Crippen LogP contribution in [0.1, 0.15) is 0 Å². The summed E-state index contributed by atoms with van der Waals surface area (Å²) in [5.74, 6) is 0.347. The van der Waals surface area contributed by atoms with Crippen molar-refractivity contribution in [1.82, 2.24) is 10.2 Å². The number of amides is 1. The van der Waals surface area contributed by atoms with Gasteiger partial charge < -0.3 is 10.5 Å². The second-order valence-electron chi connectivity index (χ2n) is 4.39. The van der Waals surface area contributed by atoms with Crippen LogP contribution in [0.2, 0.25) is 0 Å². The van der Waals surface area contributed by atoms with E-state index in [9.17, 15) is 9.59 Å². The van der Waals surface area contributed by atoms with E-state index in [1.54, 1.807) is 36.4 Å². The zero-order chi connectivity index (χ0) is 14.8. The smallest absolute Gasteiger partial charge is 0.409 e. The topological polar surface area (TPSA) is 98.1 Å². The first-order chi connectivity index (χ1) is 10.1. The molecular formula is C15H11N3O3. The summed E-state index contributed by atoms with van der Waals surface area (Å²) < 4.78 is 4.77. The molecule has 3 aromatic rings. The number of ether oxygens (including phenoxy) is 1. The Labute approximate surface area is 119 Å². The Morgan fingerprint density at radius 1 is 1.05 bits per heavy atom. The minimum Gasteiger partial charge on any atom is -0.411 e. The van der Waals surface area contributed by atoms with Gasteiger partial charge in [-0.05, 0) is 30.3 Å². The first-order valence-electron chi connectivity index (χ1n) is 6.20. The highest BCUT2D eigenvalue weighted by Gasteiger charge is 2.08. The Morgan fingerprint density at radius 2 is 1.71 bits per heavy atom. The van der Waals surface area contributed by atoms with Crippen LogP contribution in [0.25, 0.3) is 22.0 Å². The van der Waals surface area contributed by atoms with Crippen LogP contribution in [0, 0.1) is 0 Å². The Morgan fingerprint density at radius 3 is 2.38 bits per heavy atom. The quantitative estimate of drug-likeness (QED) is 0.751. The van der Waals surface area contributed by atoms with E-state index in [2.05, 4.69) is 10.2 Å². The summed E-state index contributed by atoms with van der Waals surface area (Å²) in [7, 11) is 0. The molecule has 0 saturated carbocycles. The molecule has 2 aromatic carbocycles. The van der Waals surface area contributed by atoms with Gasteiger partial charge >= 0.3 is 6.09 Å². The number of benzene rings is 2. The molecule has 0 radical (unpaired) electrons. The summed E-state index contributed by atoms with van der Waals surface area (Å²) in [6.45, 7) is 0. The highest BCUT2D eigenvalue weighted by atomic mass is 16.5. The molecule has 0 aliphatic rings. The molecule has 0 atom stereocenters. The van der Waals surface area contributed by atoms with Gasteiger partial charge in [-0.2, -0.15) is 5.10 Å². The zero-order valence-electron chi connectivity index (χ0n) is 10.9. The van der Waals surface area contributed by atoms with Gasteiger partial charge in [-0.3, -0.25) is 4.79 Å². The van der Waals surface area contributed by atoms with Crippen molar-refractivity contribution in [2.24, 2.45) is 5.73 Å². The monoisotopic (exact) mass is 281 g/mol. The Balaban J connectivity index is 2.10. The molecule has 104 valence electrons. The van der Waals surface area contributed by atoms with E-state index < -0.39 is 6.09 Å². The first-order valence-corrected chi connectivity index (χ1v) is 6.20. The second kappa shape index (κ2) is 5.09. The number of hydrogen-bond acceptors (Lipinski definition) is 4. The van der Waals surface area contributed by atoms with Gasteiger partial charge in [0.2, 0.25) is 0 Å². The van der Waals surface area contributed by atoms with E-state index in [1.807, 2.05) is 12.1 Å². The van der Waals surface area contributed by atoms with Crippen molar-refractivity contribution in [3.05, 3.63) is 58.9 Å². The highest BCUT2D eigenvalue weighted by Crippen LogP contribution is 2.25. The Kier molecular flexibility index (Phi) is 3.12. The Hall–Kier alpha value is -3.15. The minimum absolute atomic E-state index is 0.233. The molecule has 6 heteroatoms. The molecule has 0 aliphatic heterocycles. The van der Waals surface area contributed by atoms with Crippen molar-refractivity contribution >= 4 is 16.9 Å². The van der Waals surface area contributed by atoms with Crippen LogP contribution in [0.15, 0.2) is 53.3 Å². The van der Waals surface area contributed by atoms with E-state index in [-0.39, 0.29) is 5.56 Å². The molecule has 0 aliphatic carbocycles. The molecule has 0 fully saturated rings. The molecular weight excluding hydrogens is 270 g/mol. The van der Waals surface area contributed by atoms with Crippen LogP contribution in [0.4, 0.5) is 4.79 Å². The average Bonchev–Trinajstić information content (AvgIpc) is 2.48. The van der Waals surface area contributed by atoms with E-state index in [0.29, 0.717) is 16.8 Å². The largest absolute Gasteiger partial charge is 0.411 e. The maximum absolute atomic E-state index is 11.7. The lowest BCUT2D eigenvalue weighted by Crippen LogP contribution is -2.16. The van der Waals surface area contributed by atoms with Gasteiger partial charge in [0.25, 0.3) is 5.56 Å². The van der Waals surface area contributed by atoms with E-state index in [4.69, 9.17) is 10.5 Å². The second-order valence-corrected chi connectivity index (χ2v) is 4.39. The molecule has 1 amide bonds. The van der Waals surface area contributed by atoms with Crippen molar-refractivity contribution < 1.29 is 9.53 Å². The third-order valence-corrected chi connectivity index (χ3v) is 3.04. The average molecular weight is 281 g/mol. The highest BCUT2D eigenvalue weighted by molar-refractivity contribution is 5.93. The number of aromatic nitrogens is 2. The van der Waals surface area contributed by atoms with Gasteiger partial charge in [0.05, 0.1) is 11.1 Å². The molecule has 6 nitrogen and oxygen atoms in total. The lowest BCUT2D eigenvalue weighted by molar-refractivity contribution is 0.211. The van der Waals surface area contributed by atoms with Gasteiger partial charge in [-0.1, -0.05) is 18.2 Å². The van der Waals surface area contributed by atoms with Crippen molar-refractivity contribution in [2.45, 2.75) is 0 Å². The number of nitrogens with one attached hydrogen (secondary N) is 1. The predicted molar refractivity (Wildman–Crippen MR) is 78.0 cm³/mol. The molecule has 0 unspecified atom stereocenters. The molecule has 3 N–H and O–H groups in total. The number of nitrogens with zero attached hydrogens (tertiary/aromatic N) is 1. The lowest BCUT2D eigenvalue weighted by Gasteiger charge is -2.06. The normalized spacial score (nSPS) is 10.5. The summed E-state index contributed by atoms with van der Waals surface area (Å²) in [5.41, 5.74) is 6.16. The van der Waals surface area contributed by atoms with Crippen LogP contribution in [-0.2, 0) is 0 Å². The summed E-state index contributed by atoms with van der Waals surface area (Å²) in [6.07, 6.45) is -0.865. The minimum atomic E-state index is -0.865. The maximum atomic E-state index is 11.7. The summed E-state index contributed by atoms with van der Waals surface area (Å²) in [6, 6.07) is 13.9. The fourth-order valence-corrected chi connectivity index (χ4v) is 2.13. The molecule has 0 saturated heterocycles. The van der Waals surface area contributed by atoms with Gasteiger partial charge in [-0.25, -0.2) is 9.89 Å². The van der Waals surface area contributed by atoms with Crippen molar-refractivity contribution in [2.75, 3.05) is 0 Å². The predicted octanol–water partition coefficient (Wildman–Crippen LogP) is 2.05. The van der Waals surface area contributed by atoms with Crippen molar-refractivity contribution in [3.8, 4) is 17.0 Å². The number of carbonyl (C=O) groups excluding carboxylic acids is 1. The van der Waals surface area contributed by atoms with Gasteiger partial charge in [0.1, 0.15) is 5.75 Å². The lowest BCUT2D eigenvalue weighted by atomic mass is 10.1. The zero-order valence-corrected chi connectivity index (χ0v) is 10.9. The van der Waals surface area contributed by atoms with Crippen LogP contribution in [0.5, 0.6) is 5.75 Å². The van der Waals surface area contributed by atoms with E-state index in [0.717, 1.165) is 10.9 Å². The fourth-order valence-electron chi connectivity index (χ4n) is 2.13. The molecule has 0 spiro atoms. The summed E-state index contributed by atoms with van der Waals surface area (Å²) in [5, 5.41) is 7.90. The van der Waals surface area contributed by atoms with Gasteiger partial charge in [-0.15, -0.1) is 0 Å². The number of hydrogen-bond donors (Lipinski definition) is 2. The van der Waals surface area contributed by atoms with Gasteiger partial charge in [0.15, 0.2) is 0 Å². The van der Waals surface area contributed by atoms with E-state index >= 15 is 0 Å². The number of aromatic amines is 1. The molecule has 0 bridgehead atoms. The Bertz CT molecular complexity index is 869. The van der Waals surface area contributed by atoms with Gasteiger partial charge in [0, 0.05) is 10.9 Å². The molecule has 21 heavy (non-hydrogen) atoms. The van der Waals surface area contributed by atoms with Crippen molar-refractivity contribution in [1.29, 1.82) is 0 Å². The third kappa shape index (κ3) is 2.46. The number of rotatable bonds is 2. The van der Waals surface area contributed by atoms with Crippen LogP contribution in [-0.4, -0.2) is 16.3 Å². The number of primary amides is 1. The van der Waals surface area contributed by atoms with E-state index in [1.165, 1.54) is 0 Å². The first kappa shape index (κ1) is 12.9. The molecule has 3 rings (SSSR count). The number of carbonyl (C=O) groups is 1. The third-order valence-electron chi connectivity index (χ3n) is 3.04. The molecule has 1 heterocycles. The number of fused-ring (bicyclic) bond motifs is 1. The summed E-state index contributed by atoms with van der Waals surface area (Å²) >= 11 is 0. The number of nitrogens with two attached hydrogens (primary N) is 1. The molecule has 1 aromatic heterocycles. The van der Waals surface area contributed by atoms with Crippen molar-refractivity contribution in [3.63, 3.8) is 0 Å². The van der Waals surface area contributed by atoms with Crippen LogP contribution < -0.4 is 16.0 Å². The maximum Gasteiger partial charge on any atom is 0.409 e. The van der Waals surface area contributed by atoms with Crippen LogP contribution in [0.3, 0.4) is 0 Å². The SMILES string of the molecule is NC(=O)Oc1ccc(-c2n[nH]c(=O)c3ccccc23)cc1. The van der Waals surface area contributed by atoms with Crippen LogP contribution >= 0.6 is 0 Å².